The summed E-state index contributed by atoms with van der Waals surface area (Å²) >= 11 is 0. The monoisotopic (exact) mass is 310 g/mol. The van der Waals surface area contributed by atoms with Crippen molar-refractivity contribution in [3.8, 4) is 0 Å². The first kappa shape index (κ1) is 16.5. The summed E-state index contributed by atoms with van der Waals surface area (Å²) < 4.78 is 27.3. The van der Waals surface area contributed by atoms with Crippen molar-refractivity contribution in [1.82, 2.24) is 4.31 Å². The van der Waals surface area contributed by atoms with Gasteiger partial charge in [0, 0.05) is 13.1 Å². The van der Waals surface area contributed by atoms with E-state index in [2.05, 4.69) is 20.8 Å². The van der Waals surface area contributed by atoms with Crippen LogP contribution in [-0.4, -0.2) is 32.4 Å². The van der Waals surface area contributed by atoms with Crippen LogP contribution in [-0.2, 0) is 15.4 Å². The molecule has 0 amide bonds. The number of hydrogen-bond acceptors (Lipinski definition) is 3. The van der Waals surface area contributed by atoms with Gasteiger partial charge in [0.1, 0.15) is 0 Å². The van der Waals surface area contributed by atoms with Gasteiger partial charge in [-0.3, -0.25) is 0 Å². The van der Waals surface area contributed by atoms with Gasteiger partial charge >= 0.3 is 0 Å². The molecule has 1 aliphatic heterocycles. The van der Waals surface area contributed by atoms with Gasteiger partial charge in [-0.2, -0.15) is 4.31 Å². The first-order chi connectivity index (χ1) is 9.66. The van der Waals surface area contributed by atoms with Crippen molar-refractivity contribution in [2.24, 2.45) is 11.7 Å². The molecule has 0 bridgehead atoms. The normalized spacial score (nSPS) is 20.9. The van der Waals surface area contributed by atoms with Crippen molar-refractivity contribution in [2.45, 2.75) is 44.4 Å². The lowest BCUT2D eigenvalue weighted by molar-refractivity contribution is 0.458. The topological polar surface area (TPSA) is 63.4 Å². The van der Waals surface area contributed by atoms with Crippen molar-refractivity contribution < 1.29 is 8.42 Å². The van der Waals surface area contributed by atoms with Crippen LogP contribution in [0.15, 0.2) is 23.1 Å². The number of rotatable bonds is 3. The first-order valence-corrected chi connectivity index (χ1v) is 8.91. The van der Waals surface area contributed by atoms with E-state index >= 15 is 0 Å². The van der Waals surface area contributed by atoms with Crippen molar-refractivity contribution in [2.75, 3.05) is 19.6 Å². The van der Waals surface area contributed by atoms with Crippen LogP contribution in [0, 0.1) is 12.8 Å². The van der Waals surface area contributed by atoms with Crippen LogP contribution in [0.2, 0.25) is 0 Å². The fourth-order valence-corrected chi connectivity index (χ4v) is 4.47. The third-order valence-corrected chi connectivity index (χ3v) is 6.26. The standard InChI is InChI=1S/C16H26N2O2S/c1-12-5-6-14(16(2,3)4)9-15(12)21(19,20)18-8-7-13(10-17)11-18/h5-6,9,13H,7-8,10-11,17H2,1-4H3. The molecule has 1 aliphatic rings. The second-order valence-electron chi connectivity index (χ2n) is 6.98. The van der Waals surface area contributed by atoms with Gasteiger partial charge in [-0.1, -0.05) is 32.9 Å². The fraction of sp³-hybridized carbons (Fsp3) is 0.625. The molecule has 0 saturated carbocycles. The van der Waals surface area contributed by atoms with Crippen molar-refractivity contribution in [1.29, 1.82) is 0 Å². The lowest BCUT2D eigenvalue weighted by Crippen LogP contribution is -2.30. The molecule has 0 aliphatic carbocycles. The molecule has 1 heterocycles. The summed E-state index contributed by atoms with van der Waals surface area (Å²) in [7, 11) is -3.42. The first-order valence-electron chi connectivity index (χ1n) is 7.47. The highest BCUT2D eigenvalue weighted by atomic mass is 32.2. The molecule has 118 valence electrons. The van der Waals surface area contributed by atoms with Gasteiger partial charge in [-0.15, -0.1) is 0 Å². The summed E-state index contributed by atoms with van der Waals surface area (Å²) in [6, 6.07) is 5.76. The van der Waals surface area contributed by atoms with Crippen LogP contribution in [0.5, 0.6) is 0 Å². The molecule has 4 nitrogen and oxygen atoms in total. The zero-order valence-electron chi connectivity index (χ0n) is 13.4. The third kappa shape index (κ3) is 3.30. The second-order valence-corrected chi connectivity index (χ2v) is 8.89. The second kappa shape index (κ2) is 5.71. The fourth-order valence-electron chi connectivity index (χ4n) is 2.69. The van der Waals surface area contributed by atoms with Crippen LogP contribution >= 0.6 is 0 Å². The molecule has 1 aromatic rings. The van der Waals surface area contributed by atoms with Crippen LogP contribution < -0.4 is 5.73 Å². The molecular weight excluding hydrogens is 284 g/mol. The molecule has 21 heavy (non-hydrogen) atoms. The number of nitrogens with zero attached hydrogens (tertiary/aromatic N) is 1. The Morgan fingerprint density at radius 1 is 1.33 bits per heavy atom. The molecule has 0 spiro atoms. The minimum atomic E-state index is -3.42. The number of benzene rings is 1. The Labute approximate surface area is 128 Å². The number of hydrogen-bond donors (Lipinski definition) is 1. The van der Waals surface area contributed by atoms with E-state index in [1.165, 1.54) is 0 Å². The maximum atomic E-state index is 12.9. The van der Waals surface area contributed by atoms with E-state index in [-0.39, 0.29) is 11.3 Å². The molecule has 5 heteroatoms. The van der Waals surface area contributed by atoms with Crippen molar-refractivity contribution >= 4 is 10.0 Å². The maximum absolute atomic E-state index is 12.9. The van der Waals surface area contributed by atoms with E-state index in [4.69, 9.17) is 5.73 Å². The average Bonchev–Trinajstić information content (AvgIpc) is 2.87. The molecule has 0 aromatic heterocycles. The Hall–Kier alpha value is -0.910. The molecular formula is C16H26N2O2S. The highest BCUT2D eigenvalue weighted by Gasteiger charge is 2.33. The number of nitrogens with two attached hydrogens (primary N) is 1. The van der Waals surface area contributed by atoms with E-state index < -0.39 is 10.0 Å². The van der Waals surface area contributed by atoms with Gasteiger partial charge in [-0.05, 0) is 48.4 Å². The summed E-state index contributed by atoms with van der Waals surface area (Å²) in [5.41, 5.74) is 7.45. The minimum absolute atomic E-state index is 0.0667. The highest BCUT2D eigenvalue weighted by Crippen LogP contribution is 2.30. The predicted molar refractivity (Wildman–Crippen MR) is 85.8 cm³/mol. The van der Waals surface area contributed by atoms with Crippen LogP contribution in [0.1, 0.15) is 38.3 Å². The van der Waals surface area contributed by atoms with E-state index in [1.54, 1.807) is 4.31 Å². The van der Waals surface area contributed by atoms with Crippen LogP contribution in [0.25, 0.3) is 0 Å². The number of aryl methyl sites for hydroxylation is 1. The third-order valence-electron chi connectivity index (χ3n) is 4.25. The number of sulfonamides is 1. The molecule has 0 radical (unpaired) electrons. The molecule has 1 atom stereocenters. The summed E-state index contributed by atoms with van der Waals surface area (Å²) in [4.78, 5) is 0.438. The summed E-state index contributed by atoms with van der Waals surface area (Å²) in [6.45, 7) is 9.79. The Bertz CT molecular complexity index is 618. The molecule has 1 saturated heterocycles. The Morgan fingerprint density at radius 2 is 2.00 bits per heavy atom. The van der Waals surface area contributed by atoms with Gasteiger partial charge in [0.15, 0.2) is 0 Å². The van der Waals surface area contributed by atoms with Crippen molar-refractivity contribution in [3.63, 3.8) is 0 Å². The Balaban J connectivity index is 2.41. The average molecular weight is 310 g/mol. The summed E-state index contributed by atoms with van der Waals surface area (Å²) in [5, 5.41) is 0. The van der Waals surface area contributed by atoms with Crippen LogP contribution in [0.3, 0.4) is 0 Å². The van der Waals surface area contributed by atoms with Crippen molar-refractivity contribution in [3.05, 3.63) is 29.3 Å². The zero-order valence-corrected chi connectivity index (χ0v) is 14.2. The lowest BCUT2D eigenvalue weighted by Gasteiger charge is -2.23. The molecule has 1 unspecified atom stereocenters. The Kier molecular flexibility index (Phi) is 4.47. The maximum Gasteiger partial charge on any atom is 0.243 e. The molecule has 2 rings (SSSR count). The molecule has 2 N–H and O–H groups in total. The van der Waals surface area contributed by atoms with E-state index in [0.29, 0.717) is 24.5 Å². The van der Waals surface area contributed by atoms with E-state index in [9.17, 15) is 8.42 Å². The minimum Gasteiger partial charge on any atom is -0.330 e. The van der Waals surface area contributed by atoms with E-state index in [0.717, 1.165) is 17.5 Å². The van der Waals surface area contributed by atoms with Gasteiger partial charge in [0.05, 0.1) is 4.90 Å². The highest BCUT2D eigenvalue weighted by molar-refractivity contribution is 7.89. The predicted octanol–water partition coefficient (Wildman–Crippen LogP) is 2.26. The zero-order chi connectivity index (χ0) is 15.8. The summed E-state index contributed by atoms with van der Waals surface area (Å²) in [5.74, 6) is 0.283. The SMILES string of the molecule is Cc1ccc(C(C)(C)C)cc1S(=O)(=O)N1CCC(CN)C1. The molecule has 1 fully saturated rings. The van der Waals surface area contributed by atoms with Gasteiger partial charge in [0.2, 0.25) is 10.0 Å². The van der Waals surface area contributed by atoms with Gasteiger partial charge in [-0.25, -0.2) is 8.42 Å². The summed E-state index contributed by atoms with van der Waals surface area (Å²) in [6.07, 6.45) is 0.855. The van der Waals surface area contributed by atoms with Gasteiger partial charge in [0.25, 0.3) is 0 Å². The van der Waals surface area contributed by atoms with Crippen LogP contribution in [0.4, 0.5) is 0 Å². The quantitative estimate of drug-likeness (QED) is 0.931. The smallest absolute Gasteiger partial charge is 0.243 e. The van der Waals surface area contributed by atoms with E-state index in [1.807, 2.05) is 25.1 Å². The Morgan fingerprint density at radius 3 is 2.52 bits per heavy atom. The largest absolute Gasteiger partial charge is 0.330 e. The van der Waals surface area contributed by atoms with Gasteiger partial charge < -0.3 is 5.73 Å². The lowest BCUT2D eigenvalue weighted by atomic mass is 9.87. The molecule has 1 aromatic carbocycles.